The summed E-state index contributed by atoms with van der Waals surface area (Å²) in [5, 5.41) is 11.4. The highest BCUT2D eigenvalue weighted by Gasteiger charge is 2.25. The zero-order valence-electron chi connectivity index (χ0n) is 15.4. The number of rotatable bonds is 5. The lowest BCUT2D eigenvalue weighted by molar-refractivity contribution is -0.121. The van der Waals surface area contributed by atoms with Crippen LogP contribution in [0.3, 0.4) is 0 Å². The van der Waals surface area contributed by atoms with Crippen molar-refractivity contribution < 1.29 is 9.21 Å². The molecule has 0 saturated heterocycles. The molecular formula is C21H20BrN3O2S. The summed E-state index contributed by atoms with van der Waals surface area (Å²) in [6.45, 7) is 1.86. The number of nitrogens with zero attached hydrogens (tertiary/aromatic N) is 2. The monoisotopic (exact) mass is 457 g/mol. The van der Waals surface area contributed by atoms with E-state index in [-0.39, 0.29) is 17.2 Å². The molecule has 0 bridgehead atoms. The van der Waals surface area contributed by atoms with Crippen LogP contribution in [0.15, 0.2) is 62.6 Å². The summed E-state index contributed by atoms with van der Waals surface area (Å²) >= 11 is 4.71. The van der Waals surface area contributed by atoms with Crippen molar-refractivity contribution in [3.05, 3.63) is 64.1 Å². The number of aryl methyl sites for hydroxylation is 1. The Morgan fingerprint density at radius 2 is 2.11 bits per heavy atom. The van der Waals surface area contributed by atoms with E-state index in [0.29, 0.717) is 11.1 Å². The molecule has 0 saturated carbocycles. The number of fused-ring (bicyclic) bond motifs is 1. The molecule has 1 amide bonds. The quantitative estimate of drug-likeness (QED) is 0.534. The first kappa shape index (κ1) is 19.2. The van der Waals surface area contributed by atoms with Crippen LogP contribution in [-0.2, 0) is 11.2 Å². The molecule has 1 heterocycles. The maximum absolute atomic E-state index is 12.7. The number of hydrogen-bond donors (Lipinski definition) is 1. The highest BCUT2D eigenvalue weighted by Crippen LogP contribution is 2.31. The van der Waals surface area contributed by atoms with Crippen LogP contribution in [-0.4, -0.2) is 21.4 Å². The normalized spacial score (nSPS) is 17.0. The summed E-state index contributed by atoms with van der Waals surface area (Å²) in [6, 6.07) is 16.1. The average molecular weight is 458 g/mol. The van der Waals surface area contributed by atoms with Gasteiger partial charge in [0.05, 0.1) is 11.3 Å². The molecule has 1 aliphatic carbocycles. The minimum absolute atomic E-state index is 0.0195. The summed E-state index contributed by atoms with van der Waals surface area (Å²) in [7, 11) is 0. The van der Waals surface area contributed by atoms with Gasteiger partial charge in [0.15, 0.2) is 0 Å². The van der Waals surface area contributed by atoms with Crippen molar-refractivity contribution in [3.63, 3.8) is 0 Å². The number of hydrogen-bond acceptors (Lipinski definition) is 5. The van der Waals surface area contributed by atoms with Crippen molar-refractivity contribution in [3.8, 4) is 11.5 Å². The van der Waals surface area contributed by atoms with Crippen LogP contribution in [0.1, 0.15) is 36.9 Å². The number of amides is 1. The van der Waals surface area contributed by atoms with E-state index in [1.54, 1.807) is 0 Å². The minimum atomic E-state index is -0.329. The third-order valence-corrected chi connectivity index (χ3v) is 6.24. The van der Waals surface area contributed by atoms with Crippen LogP contribution in [0.4, 0.5) is 0 Å². The Hall–Kier alpha value is -2.12. The lowest BCUT2D eigenvalue weighted by Crippen LogP contribution is -2.35. The Morgan fingerprint density at radius 3 is 2.96 bits per heavy atom. The first-order valence-corrected chi connectivity index (χ1v) is 10.9. The van der Waals surface area contributed by atoms with E-state index in [9.17, 15) is 4.79 Å². The Bertz CT molecular complexity index is 991. The molecule has 1 aromatic heterocycles. The maximum Gasteiger partial charge on any atom is 0.277 e. The summed E-state index contributed by atoms with van der Waals surface area (Å²) in [5.41, 5.74) is 3.40. The maximum atomic E-state index is 12.7. The zero-order valence-corrected chi connectivity index (χ0v) is 17.8. The molecule has 3 aromatic rings. The summed E-state index contributed by atoms with van der Waals surface area (Å²) in [6.07, 6.45) is 3.13. The number of carbonyl (C=O) groups excluding carboxylic acids is 1. The first-order valence-electron chi connectivity index (χ1n) is 9.24. The molecule has 28 heavy (non-hydrogen) atoms. The van der Waals surface area contributed by atoms with Crippen LogP contribution >= 0.6 is 27.7 Å². The molecule has 0 spiro atoms. The van der Waals surface area contributed by atoms with Crippen LogP contribution in [0, 0.1) is 0 Å². The molecular weight excluding hydrogens is 438 g/mol. The van der Waals surface area contributed by atoms with Crippen molar-refractivity contribution >= 4 is 33.6 Å². The van der Waals surface area contributed by atoms with Gasteiger partial charge < -0.3 is 9.73 Å². The van der Waals surface area contributed by atoms with Crippen LogP contribution in [0.2, 0.25) is 0 Å². The van der Waals surface area contributed by atoms with Crippen molar-refractivity contribution in [2.45, 2.75) is 42.7 Å². The van der Waals surface area contributed by atoms with E-state index >= 15 is 0 Å². The van der Waals surface area contributed by atoms with Crippen LogP contribution < -0.4 is 5.32 Å². The van der Waals surface area contributed by atoms with Crippen molar-refractivity contribution in [1.82, 2.24) is 15.5 Å². The Balaban J connectivity index is 1.40. The molecule has 0 unspecified atom stereocenters. The fourth-order valence-corrected chi connectivity index (χ4v) is 4.49. The molecule has 7 heteroatoms. The highest BCUT2D eigenvalue weighted by atomic mass is 79.9. The highest BCUT2D eigenvalue weighted by molar-refractivity contribution is 9.10. The van der Waals surface area contributed by atoms with Gasteiger partial charge in [0, 0.05) is 10.0 Å². The minimum Gasteiger partial charge on any atom is -0.411 e. The van der Waals surface area contributed by atoms with Gasteiger partial charge in [-0.05, 0) is 55.5 Å². The van der Waals surface area contributed by atoms with E-state index in [1.165, 1.54) is 22.9 Å². The molecule has 1 aliphatic rings. The smallest absolute Gasteiger partial charge is 0.277 e. The van der Waals surface area contributed by atoms with Gasteiger partial charge in [-0.15, -0.1) is 10.2 Å². The second kappa shape index (κ2) is 8.49. The third kappa shape index (κ3) is 4.31. The van der Waals surface area contributed by atoms with Gasteiger partial charge in [-0.1, -0.05) is 58.0 Å². The Kier molecular flexibility index (Phi) is 5.82. The van der Waals surface area contributed by atoms with E-state index in [4.69, 9.17) is 4.42 Å². The molecule has 0 aliphatic heterocycles. The van der Waals surface area contributed by atoms with Crippen molar-refractivity contribution in [2.24, 2.45) is 0 Å². The number of benzene rings is 2. The third-order valence-electron chi connectivity index (χ3n) is 4.81. The molecule has 1 N–H and O–H groups in total. The largest absolute Gasteiger partial charge is 0.411 e. The second-order valence-corrected chi connectivity index (χ2v) is 9.00. The number of halogens is 1. The lowest BCUT2D eigenvalue weighted by Gasteiger charge is -2.27. The predicted octanol–water partition coefficient (Wildman–Crippen LogP) is 5.17. The molecule has 2 atom stereocenters. The van der Waals surface area contributed by atoms with Crippen LogP contribution in [0.25, 0.3) is 11.5 Å². The van der Waals surface area contributed by atoms with E-state index in [2.05, 4.69) is 49.6 Å². The molecule has 5 nitrogen and oxygen atoms in total. The van der Waals surface area contributed by atoms with Crippen LogP contribution in [0.5, 0.6) is 0 Å². The molecule has 2 aromatic carbocycles. The van der Waals surface area contributed by atoms with E-state index in [1.807, 2.05) is 37.3 Å². The van der Waals surface area contributed by atoms with Gasteiger partial charge in [0.2, 0.25) is 11.8 Å². The number of carbonyl (C=O) groups is 1. The Morgan fingerprint density at radius 1 is 1.25 bits per heavy atom. The second-order valence-electron chi connectivity index (χ2n) is 6.80. The van der Waals surface area contributed by atoms with E-state index in [0.717, 1.165) is 29.3 Å². The van der Waals surface area contributed by atoms with Gasteiger partial charge in [-0.2, -0.15) is 0 Å². The molecule has 144 valence electrons. The number of nitrogens with one attached hydrogen (secondary N) is 1. The SMILES string of the molecule is C[C@H](Sc1nnc(-c2cccc(Br)c2)o1)C(=O)N[C@@H]1CCCc2ccccc21. The lowest BCUT2D eigenvalue weighted by atomic mass is 9.88. The molecule has 4 rings (SSSR count). The number of aromatic nitrogens is 2. The predicted molar refractivity (Wildman–Crippen MR) is 113 cm³/mol. The fourth-order valence-electron chi connectivity index (χ4n) is 3.39. The first-order chi connectivity index (χ1) is 13.6. The molecule has 0 fully saturated rings. The van der Waals surface area contributed by atoms with Gasteiger partial charge in [-0.25, -0.2) is 0 Å². The average Bonchev–Trinajstić information content (AvgIpc) is 3.17. The topological polar surface area (TPSA) is 68.0 Å². The Labute approximate surface area is 176 Å². The van der Waals surface area contributed by atoms with Gasteiger partial charge >= 0.3 is 0 Å². The summed E-state index contributed by atoms with van der Waals surface area (Å²) in [5.74, 6) is 0.423. The van der Waals surface area contributed by atoms with E-state index < -0.39 is 0 Å². The van der Waals surface area contributed by atoms with Gasteiger partial charge in [0.1, 0.15) is 0 Å². The summed E-state index contributed by atoms with van der Waals surface area (Å²) in [4.78, 5) is 12.7. The van der Waals surface area contributed by atoms with Crippen molar-refractivity contribution in [2.75, 3.05) is 0 Å². The molecule has 0 radical (unpaired) electrons. The zero-order chi connectivity index (χ0) is 19.5. The van der Waals surface area contributed by atoms with Gasteiger partial charge in [-0.3, -0.25) is 4.79 Å². The fraction of sp³-hybridized carbons (Fsp3) is 0.286. The summed E-state index contributed by atoms with van der Waals surface area (Å²) < 4.78 is 6.67. The standard InChI is InChI=1S/C21H20BrN3O2S/c1-13(19(26)23-18-11-5-7-14-6-2-3-10-17(14)18)28-21-25-24-20(27-21)15-8-4-9-16(22)12-15/h2-4,6,8-10,12-13,18H,5,7,11H2,1H3,(H,23,26)/t13-,18+/m0/s1. The van der Waals surface area contributed by atoms with Crippen molar-refractivity contribution in [1.29, 1.82) is 0 Å². The number of thioether (sulfide) groups is 1. The van der Waals surface area contributed by atoms with Gasteiger partial charge in [0.25, 0.3) is 5.22 Å².